The van der Waals surface area contributed by atoms with Crippen molar-refractivity contribution < 1.29 is 4.42 Å². The van der Waals surface area contributed by atoms with Gasteiger partial charge in [0.05, 0.1) is 0 Å². The van der Waals surface area contributed by atoms with E-state index in [1.54, 1.807) is 0 Å². The molecule has 0 N–H and O–H groups in total. The molecule has 4 aromatic heterocycles. The van der Waals surface area contributed by atoms with E-state index in [9.17, 15) is 0 Å². The third-order valence-electron chi connectivity index (χ3n) is 9.91. The molecule has 0 aliphatic carbocycles. The first kappa shape index (κ1) is 26.1. The van der Waals surface area contributed by atoms with Gasteiger partial charge in [0.15, 0.2) is 0 Å². The molecule has 0 unspecified atom stereocenters. The van der Waals surface area contributed by atoms with E-state index in [1.807, 2.05) is 24.3 Å². The zero-order valence-corrected chi connectivity index (χ0v) is 27.2. The summed E-state index contributed by atoms with van der Waals surface area (Å²) >= 11 is 0.231. The molecule has 11 rings (SSSR count). The van der Waals surface area contributed by atoms with E-state index in [0.29, 0.717) is 5.69 Å². The molecule has 4 heterocycles. The van der Waals surface area contributed by atoms with Crippen LogP contribution in [0.25, 0.3) is 101 Å². The number of nitrogens with zero attached hydrogens (tertiary/aromatic N) is 3. The van der Waals surface area contributed by atoms with Crippen molar-refractivity contribution in [2.24, 2.45) is 0 Å². The van der Waals surface area contributed by atoms with Crippen LogP contribution in [-0.2, 0) is 0 Å². The average molecular weight is 677 g/mol. The van der Waals surface area contributed by atoms with Crippen molar-refractivity contribution in [3.05, 3.63) is 151 Å². The van der Waals surface area contributed by atoms with Crippen molar-refractivity contribution in [3.63, 3.8) is 0 Å². The van der Waals surface area contributed by atoms with Crippen LogP contribution in [0.2, 0.25) is 0 Å². The molecule has 0 spiro atoms. The van der Waals surface area contributed by atoms with Crippen LogP contribution in [0.3, 0.4) is 0 Å². The number of benzene rings is 7. The Balaban J connectivity index is 1.17. The molecule has 11 aromatic rings. The number of furan rings is 1. The molecular formula is C43H23N3OSe. The van der Waals surface area contributed by atoms with E-state index >= 15 is 0 Å². The minimum absolute atomic E-state index is 0.231. The van der Waals surface area contributed by atoms with Gasteiger partial charge in [0.1, 0.15) is 0 Å². The van der Waals surface area contributed by atoms with Crippen LogP contribution in [0.4, 0.5) is 5.69 Å². The van der Waals surface area contributed by atoms with Crippen LogP contribution < -0.4 is 0 Å². The van der Waals surface area contributed by atoms with Crippen molar-refractivity contribution in [3.8, 4) is 11.4 Å². The fourth-order valence-electron chi connectivity index (χ4n) is 7.81. The molecule has 48 heavy (non-hydrogen) atoms. The van der Waals surface area contributed by atoms with Gasteiger partial charge in [-0.1, -0.05) is 0 Å². The second-order valence-electron chi connectivity index (χ2n) is 12.4. The summed E-state index contributed by atoms with van der Waals surface area (Å²) in [5.41, 5.74) is 9.35. The van der Waals surface area contributed by atoms with E-state index in [0.717, 1.165) is 60.6 Å². The topological polar surface area (TPSA) is 27.4 Å². The third kappa shape index (κ3) is 3.48. The predicted octanol–water partition coefficient (Wildman–Crippen LogP) is 11.7. The van der Waals surface area contributed by atoms with Gasteiger partial charge >= 0.3 is 281 Å². The maximum atomic E-state index is 7.58. The molecule has 0 aliphatic rings. The van der Waals surface area contributed by atoms with Gasteiger partial charge < -0.3 is 0 Å². The third-order valence-corrected chi connectivity index (χ3v) is 12.3. The van der Waals surface area contributed by atoms with Crippen LogP contribution >= 0.6 is 0 Å². The Hall–Kier alpha value is -6.05. The number of para-hydroxylation sites is 3. The summed E-state index contributed by atoms with van der Waals surface area (Å²) in [7, 11) is 0. The first-order valence-corrected chi connectivity index (χ1v) is 17.7. The monoisotopic (exact) mass is 677 g/mol. The second-order valence-corrected chi connectivity index (χ2v) is 14.7. The Morgan fingerprint density at radius 3 is 1.71 bits per heavy atom. The normalized spacial score (nSPS) is 12.1. The van der Waals surface area contributed by atoms with Gasteiger partial charge in [-0.25, -0.2) is 0 Å². The van der Waals surface area contributed by atoms with Crippen LogP contribution in [-0.4, -0.2) is 23.6 Å². The maximum absolute atomic E-state index is 7.58. The predicted molar refractivity (Wildman–Crippen MR) is 201 cm³/mol. The van der Waals surface area contributed by atoms with Crippen molar-refractivity contribution in [2.75, 3.05) is 0 Å². The van der Waals surface area contributed by atoms with E-state index in [2.05, 4.69) is 129 Å². The molecule has 0 saturated carbocycles. The fourth-order valence-corrected chi connectivity index (χ4v) is 10.0. The summed E-state index contributed by atoms with van der Waals surface area (Å²) in [5, 5.41) is 9.63. The quantitative estimate of drug-likeness (QED) is 0.132. The summed E-state index contributed by atoms with van der Waals surface area (Å²) in [6.07, 6.45) is 0. The van der Waals surface area contributed by atoms with Crippen molar-refractivity contribution in [1.82, 2.24) is 9.13 Å². The molecule has 0 aliphatic heterocycles. The standard InChI is InChI=1S/C43H23N3OSe/c1-44-25-14-17-38-31(20-25)28-8-2-5-11-36(28)45(38)26-15-18-42-34(21-26)35-22-27(16-19-43(35)48-42)46-37-12-6-3-9-29(37)32-23-33-30-10-4-7-13-40(30)47-41(33)24-39(32)46/h2-24H. The number of hydrogen-bond donors (Lipinski definition) is 0. The van der Waals surface area contributed by atoms with Gasteiger partial charge in [0.2, 0.25) is 0 Å². The van der Waals surface area contributed by atoms with Gasteiger partial charge in [0, 0.05) is 0 Å². The molecular weight excluding hydrogens is 653 g/mol. The van der Waals surface area contributed by atoms with E-state index < -0.39 is 0 Å². The molecule has 5 heteroatoms. The molecule has 0 radical (unpaired) electrons. The number of hydrogen-bond acceptors (Lipinski definition) is 1. The van der Waals surface area contributed by atoms with Crippen molar-refractivity contribution >= 4 is 105 Å². The summed E-state index contributed by atoms with van der Waals surface area (Å²) in [4.78, 5) is 3.71. The van der Waals surface area contributed by atoms with Gasteiger partial charge in [0.25, 0.3) is 0 Å². The summed E-state index contributed by atoms with van der Waals surface area (Å²) in [6, 6.07) is 50.0. The first-order valence-electron chi connectivity index (χ1n) is 16.0. The van der Waals surface area contributed by atoms with Gasteiger partial charge in [-0.05, 0) is 0 Å². The first-order chi connectivity index (χ1) is 23.7. The zero-order valence-electron chi connectivity index (χ0n) is 25.4. The SMILES string of the molecule is [C-]#[N+]c1ccc2c(c1)c1ccccc1n2-c1ccc2[se]c3ccc(-n4c5ccccc5c5cc6c(cc54)oc4ccccc46)cc3c2c1. The Morgan fingerprint density at radius 1 is 0.438 bits per heavy atom. The molecule has 0 bridgehead atoms. The van der Waals surface area contributed by atoms with E-state index in [1.165, 1.54) is 35.6 Å². The Morgan fingerprint density at radius 2 is 1.02 bits per heavy atom. The van der Waals surface area contributed by atoms with Gasteiger partial charge in [-0.2, -0.15) is 0 Å². The molecule has 0 amide bonds. The molecule has 4 nitrogen and oxygen atoms in total. The van der Waals surface area contributed by atoms with Crippen LogP contribution in [0.5, 0.6) is 0 Å². The molecule has 0 saturated heterocycles. The number of aromatic nitrogens is 2. The van der Waals surface area contributed by atoms with E-state index in [4.69, 9.17) is 11.0 Å². The summed E-state index contributed by atoms with van der Waals surface area (Å²) in [5.74, 6) is 0. The van der Waals surface area contributed by atoms with Gasteiger partial charge in [-0.15, -0.1) is 0 Å². The summed E-state index contributed by atoms with van der Waals surface area (Å²) in [6.45, 7) is 7.58. The van der Waals surface area contributed by atoms with Crippen LogP contribution in [0, 0.1) is 6.57 Å². The molecule has 7 aromatic carbocycles. The van der Waals surface area contributed by atoms with Crippen molar-refractivity contribution in [2.45, 2.75) is 0 Å². The number of fused-ring (bicyclic) bond motifs is 12. The van der Waals surface area contributed by atoms with Crippen LogP contribution in [0.15, 0.2) is 144 Å². The van der Waals surface area contributed by atoms with Crippen LogP contribution in [0.1, 0.15) is 0 Å². The molecule has 0 atom stereocenters. The van der Waals surface area contributed by atoms with E-state index in [-0.39, 0.29) is 14.5 Å². The number of rotatable bonds is 2. The summed E-state index contributed by atoms with van der Waals surface area (Å²) < 4.78 is 13.9. The Bertz CT molecular complexity index is 3200. The Labute approximate surface area is 279 Å². The second kappa shape index (κ2) is 9.50. The fraction of sp³-hybridized carbons (Fsp3) is 0. The minimum atomic E-state index is 0.231. The average Bonchev–Trinajstić information content (AvgIpc) is 3.87. The van der Waals surface area contributed by atoms with Crippen molar-refractivity contribution in [1.29, 1.82) is 0 Å². The van der Waals surface area contributed by atoms with Gasteiger partial charge in [-0.3, -0.25) is 0 Å². The molecule has 0 fully saturated rings. The zero-order chi connectivity index (χ0) is 31.5. The molecule has 222 valence electrons. The Kier molecular flexibility index (Phi) is 5.16.